The SMILES string of the molecule is CC(Nc1nccc(-n2cnc3cc(NC(=O)CN)ccc32)n1)c1ccccc1. The van der Waals surface area contributed by atoms with Gasteiger partial charge in [-0.05, 0) is 36.8 Å². The Bertz CT molecular complexity index is 1140. The molecular weight excluding hydrogens is 366 g/mol. The molecular formula is C21H21N7O. The van der Waals surface area contributed by atoms with E-state index in [0.29, 0.717) is 17.5 Å². The highest BCUT2D eigenvalue weighted by Gasteiger charge is 2.11. The van der Waals surface area contributed by atoms with Gasteiger partial charge in [-0.2, -0.15) is 4.98 Å². The van der Waals surface area contributed by atoms with Crippen molar-refractivity contribution in [2.24, 2.45) is 5.73 Å². The second kappa shape index (κ2) is 8.07. The van der Waals surface area contributed by atoms with Crippen LogP contribution in [0.3, 0.4) is 0 Å². The Morgan fingerprint density at radius 2 is 1.97 bits per heavy atom. The van der Waals surface area contributed by atoms with Gasteiger partial charge in [-0.3, -0.25) is 9.36 Å². The summed E-state index contributed by atoms with van der Waals surface area (Å²) in [6.45, 7) is 2.00. The highest BCUT2D eigenvalue weighted by atomic mass is 16.1. The molecule has 2 heterocycles. The summed E-state index contributed by atoms with van der Waals surface area (Å²) in [5, 5.41) is 6.06. The first-order chi connectivity index (χ1) is 14.1. The highest BCUT2D eigenvalue weighted by molar-refractivity contribution is 5.94. The molecule has 0 aliphatic carbocycles. The Balaban J connectivity index is 1.59. The number of fused-ring (bicyclic) bond motifs is 1. The van der Waals surface area contributed by atoms with Crippen molar-refractivity contribution < 1.29 is 4.79 Å². The molecule has 2 aromatic carbocycles. The summed E-state index contributed by atoms with van der Waals surface area (Å²) < 4.78 is 1.88. The zero-order valence-corrected chi connectivity index (χ0v) is 15.9. The van der Waals surface area contributed by atoms with Crippen molar-refractivity contribution in [3.63, 3.8) is 0 Å². The molecule has 8 nitrogen and oxygen atoms in total. The third kappa shape index (κ3) is 4.07. The molecule has 146 valence electrons. The number of aromatic nitrogens is 4. The van der Waals surface area contributed by atoms with Crippen molar-refractivity contribution in [1.82, 2.24) is 19.5 Å². The molecule has 0 aliphatic rings. The summed E-state index contributed by atoms with van der Waals surface area (Å²) in [4.78, 5) is 24.9. The van der Waals surface area contributed by atoms with Crippen LogP contribution in [-0.4, -0.2) is 32.0 Å². The number of anilines is 2. The minimum absolute atomic E-state index is 0.0649. The molecule has 0 radical (unpaired) electrons. The number of benzene rings is 2. The third-order valence-electron chi connectivity index (χ3n) is 4.55. The van der Waals surface area contributed by atoms with Crippen molar-refractivity contribution >= 4 is 28.6 Å². The molecule has 1 atom stereocenters. The highest BCUT2D eigenvalue weighted by Crippen LogP contribution is 2.22. The molecule has 0 fully saturated rings. The predicted molar refractivity (Wildman–Crippen MR) is 113 cm³/mol. The zero-order valence-electron chi connectivity index (χ0n) is 15.9. The summed E-state index contributed by atoms with van der Waals surface area (Å²) in [5.74, 6) is 0.986. The molecule has 29 heavy (non-hydrogen) atoms. The predicted octanol–water partition coefficient (Wildman–Crippen LogP) is 2.89. The van der Waals surface area contributed by atoms with Gasteiger partial charge in [0.05, 0.1) is 23.6 Å². The van der Waals surface area contributed by atoms with E-state index in [2.05, 4.69) is 44.6 Å². The topological polar surface area (TPSA) is 111 Å². The van der Waals surface area contributed by atoms with Gasteiger partial charge >= 0.3 is 0 Å². The Morgan fingerprint density at radius 1 is 1.14 bits per heavy atom. The van der Waals surface area contributed by atoms with Gasteiger partial charge in [-0.15, -0.1) is 0 Å². The van der Waals surface area contributed by atoms with E-state index in [1.165, 1.54) is 0 Å². The first-order valence-corrected chi connectivity index (χ1v) is 9.26. The molecule has 1 unspecified atom stereocenters. The van der Waals surface area contributed by atoms with E-state index in [4.69, 9.17) is 5.73 Å². The number of amides is 1. The van der Waals surface area contributed by atoms with Gasteiger partial charge in [-0.25, -0.2) is 9.97 Å². The van der Waals surface area contributed by atoms with E-state index in [-0.39, 0.29) is 18.5 Å². The molecule has 0 bridgehead atoms. The normalized spacial score (nSPS) is 11.9. The number of hydrogen-bond donors (Lipinski definition) is 3. The molecule has 0 aliphatic heterocycles. The molecule has 4 aromatic rings. The van der Waals surface area contributed by atoms with Gasteiger partial charge in [0.2, 0.25) is 11.9 Å². The van der Waals surface area contributed by atoms with Gasteiger partial charge in [0.25, 0.3) is 0 Å². The lowest BCUT2D eigenvalue weighted by Crippen LogP contribution is -2.21. The van der Waals surface area contributed by atoms with E-state index in [1.54, 1.807) is 18.6 Å². The van der Waals surface area contributed by atoms with Gasteiger partial charge < -0.3 is 16.4 Å². The number of imidazole rings is 1. The second-order valence-electron chi connectivity index (χ2n) is 6.59. The minimum Gasteiger partial charge on any atom is -0.348 e. The van der Waals surface area contributed by atoms with Crippen molar-refractivity contribution in [2.45, 2.75) is 13.0 Å². The summed E-state index contributed by atoms with van der Waals surface area (Å²) in [7, 11) is 0. The largest absolute Gasteiger partial charge is 0.348 e. The molecule has 0 spiro atoms. The monoisotopic (exact) mass is 387 g/mol. The van der Waals surface area contributed by atoms with Gasteiger partial charge in [0, 0.05) is 11.9 Å². The average molecular weight is 387 g/mol. The fourth-order valence-electron chi connectivity index (χ4n) is 3.06. The van der Waals surface area contributed by atoms with Crippen molar-refractivity contribution in [2.75, 3.05) is 17.2 Å². The van der Waals surface area contributed by atoms with Crippen LogP contribution in [0, 0.1) is 0 Å². The first-order valence-electron chi connectivity index (χ1n) is 9.26. The molecule has 4 N–H and O–H groups in total. The van der Waals surface area contributed by atoms with Crippen molar-refractivity contribution in [3.05, 3.63) is 72.7 Å². The maximum absolute atomic E-state index is 11.5. The number of hydrogen-bond acceptors (Lipinski definition) is 6. The number of nitrogens with one attached hydrogen (secondary N) is 2. The summed E-state index contributed by atoms with van der Waals surface area (Å²) >= 11 is 0. The van der Waals surface area contributed by atoms with E-state index in [9.17, 15) is 4.79 Å². The molecule has 0 saturated carbocycles. The van der Waals surface area contributed by atoms with E-state index < -0.39 is 0 Å². The second-order valence-corrected chi connectivity index (χ2v) is 6.59. The van der Waals surface area contributed by atoms with Gasteiger partial charge in [0.1, 0.15) is 12.1 Å². The van der Waals surface area contributed by atoms with Crippen LogP contribution >= 0.6 is 0 Å². The van der Waals surface area contributed by atoms with Crippen LogP contribution in [-0.2, 0) is 4.79 Å². The quantitative estimate of drug-likeness (QED) is 0.469. The molecule has 4 rings (SSSR count). The Hall–Kier alpha value is -3.78. The maximum atomic E-state index is 11.5. The zero-order chi connectivity index (χ0) is 20.2. The summed E-state index contributed by atoms with van der Waals surface area (Å²) in [5.41, 5.74) is 8.77. The van der Waals surface area contributed by atoms with Crippen molar-refractivity contribution in [3.8, 4) is 5.82 Å². The number of carbonyl (C=O) groups is 1. The lowest BCUT2D eigenvalue weighted by Gasteiger charge is -2.14. The fraction of sp³-hybridized carbons (Fsp3) is 0.143. The van der Waals surface area contributed by atoms with Crippen LogP contribution < -0.4 is 16.4 Å². The number of rotatable bonds is 6. The molecule has 2 aromatic heterocycles. The number of nitrogens with zero attached hydrogens (tertiary/aromatic N) is 4. The van der Waals surface area contributed by atoms with Crippen LogP contribution in [0.4, 0.5) is 11.6 Å². The lowest BCUT2D eigenvalue weighted by atomic mass is 10.1. The third-order valence-corrected chi connectivity index (χ3v) is 4.55. The van der Waals surface area contributed by atoms with Crippen LogP contribution in [0.2, 0.25) is 0 Å². The Morgan fingerprint density at radius 3 is 2.76 bits per heavy atom. The summed E-state index contributed by atoms with van der Waals surface area (Å²) in [6, 6.07) is 17.5. The van der Waals surface area contributed by atoms with Gasteiger partial charge in [0.15, 0.2) is 0 Å². The average Bonchev–Trinajstić information content (AvgIpc) is 3.17. The van der Waals surface area contributed by atoms with Crippen molar-refractivity contribution in [1.29, 1.82) is 0 Å². The first kappa shape index (κ1) is 18.6. The van der Waals surface area contributed by atoms with Crippen LogP contribution in [0.5, 0.6) is 0 Å². The van der Waals surface area contributed by atoms with Crippen LogP contribution in [0.25, 0.3) is 16.9 Å². The van der Waals surface area contributed by atoms with E-state index >= 15 is 0 Å². The van der Waals surface area contributed by atoms with E-state index in [1.807, 2.05) is 41.0 Å². The summed E-state index contributed by atoms with van der Waals surface area (Å²) in [6.07, 6.45) is 3.41. The Kier molecular flexibility index (Phi) is 5.17. The molecule has 8 heteroatoms. The smallest absolute Gasteiger partial charge is 0.238 e. The number of carbonyl (C=O) groups excluding carboxylic acids is 1. The van der Waals surface area contributed by atoms with E-state index in [0.717, 1.165) is 16.6 Å². The minimum atomic E-state index is -0.247. The maximum Gasteiger partial charge on any atom is 0.238 e. The number of nitrogens with two attached hydrogens (primary N) is 1. The molecule has 1 amide bonds. The lowest BCUT2D eigenvalue weighted by molar-refractivity contribution is -0.114. The van der Waals surface area contributed by atoms with Crippen LogP contribution in [0.15, 0.2) is 67.1 Å². The molecule has 0 saturated heterocycles. The standard InChI is InChI=1S/C21H21N7O/c1-14(15-5-3-2-4-6-15)25-21-23-10-9-19(27-21)28-13-24-17-11-16(7-8-18(17)28)26-20(29)12-22/h2-11,13-14H,12,22H2,1H3,(H,26,29)(H,23,25,27). The van der Waals surface area contributed by atoms with Crippen LogP contribution in [0.1, 0.15) is 18.5 Å². The van der Waals surface area contributed by atoms with Gasteiger partial charge in [-0.1, -0.05) is 30.3 Å². The fourth-order valence-corrected chi connectivity index (χ4v) is 3.06. The Labute approximate surface area is 167 Å².